The van der Waals surface area contributed by atoms with Crippen LogP contribution in [0.3, 0.4) is 0 Å². The summed E-state index contributed by atoms with van der Waals surface area (Å²) in [7, 11) is 4.07. The molecule has 0 unspecified atom stereocenters. The molecule has 0 atom stereocenters. The molecule has 6 heteroatoms. The van der Waals surface area contributed by atoms with Crippen LogP contribution in [0.15, 0.2) is 12.1 Å². The number of carbonyl (C=O) groups is 1. The summed E-state index contributed by atoms with van der Waals surface area (Å²) in [4.78, 5) is 13.7. The third kappa shape index (κ3) is 4.48. The van der Waals surface area contributed by atoms with Crippen molar-refractivity contribution in [3.8, 4) is 0 Å². The smallest absolute Gasteiger partial charge is 0.271 e. The zero-order valence-electron chi connectivity index (χ0n) is 12.3. The average molecular weight is 265 g/mol. The molecule has 19 heavy (non-hydrogen) atoms. The number of rotatable bonds is 6. The Morgan fingerprint density at radius 2 is 2.00 bits per heavy atom. The summed E-state index contributed by atoms with van der Waals surface area (Å²) in [5.74, 6) is 0.471. The normalized spacial score (nSPS) is 11.5. The highest BCUT2D eigenvalue weighted by Gasteiger charge is 2.20. The lowest BCUT2D eigenvalue weighted by Crippen LogP contribution is -2.44. The minimum absolute atomic E-state index is 0.0138. The third-order valence-corrected chi connectivity index (χ3v) is 3.15. The van der Waals surface area contributed by atoms with E-state index in [2.05, 4.69) is 39.6 Å². The first kappa shape index (κ1) is 15.4. The van der Waals surface area contributed by atoms with E-state index in [0.29, 0.717) is 18.1 Å². The number of anilines is 1. The standard InChI is InChI=1S/C13H23N5O/c1-6-14-12(19)10-7-8-11(17-16-10)15-9-13(2,3)18(4)5/h7-8H,6,9H2,1-5H3,(H,14,19)(H,15,17). The molecule has 0 fully saturated rings. The number of carbonyl (C=O) groups excluding carboxylic acids is 1. The van der Waals surface area contributed by atoms with Crippen LogP contribution in [0.5, 0.6) is 0 Å². The summed E-state index contributed by atoms with van der Waals surface area (Å²) in [6, 6.07) is 3.44. The Bertz CT molecular complexity index is 414. The number of nitrogens with one attached hydrogen (secondary N) is 2. The van der Waals surface area contributed by atoms with Gasteiger partial charge in [-0.2, -0.15) is 0 Å². The summed E-state index contributed by atoms with van der Waals surface area (Å²) in [6.45, 7) is 7.46. The van der Waals surface area contributed by atoms with Crippen molar-refractivity contribution < 1.29 is 4.79 Å². The Labute approximate surface area is 114 Å². The molecular formula is C13H23N5O. The third-order valence-electron chi connectivity index (χ3n) is 3.15. The number of aromatic nitrogens is 2. The predicted octanol–water partition coefficient (Wildman–Crippen LogP) is 0.978. The largest absolute Gasteiger partial charge is 0.367 e. The molecule has 0 aliphatic rings. The Kier molecular flexibility index (Phi) is 5.23. The van der Waals surface area contributed by atoms with Crippen molar-refractivity contribution in [2.24, 2.45) is 0 Å². The molecular weight excluding hydrogens is 242 g/mol. The predicted molar refractivity (Wildman–Crippen MR) is 76.3 cm³/mol. The van der Waals surface area contributed by atoms with Gasteiger partial charge >= 0.3 is 0 Å². The Hall–Kier alpha value is -1.69. The number of likely N-dealkylation sites (N-methyl/N-ethyl adjacent to an activating group) is 1. The molecule has 1 aromatic heterocycles. The highest BCUT2D eigenvalue weighted by atomic mass is 16.1. The van der Waals surface area contributed by atoms with E-state index in [1.165, 1.54) is 0 Å². The van der Waals surface area contributed by atoms with Crippen LogP contribution < -0.4 is 10.6 Å². The molecule has 2 N–H and O–H groups in total. The summed E-state index contributed by atoms with van der Waals surface area (Å²) in [6.07, 6.45) is 0. The molecule has 1 aromatic rings. The van der Waals surface area contributed by atoms with Gasteiger partial charge in [-0.3, -0.25) is 4.79 Å². The molecule has 1 rings (SSSR count). The van der Waals surface area contributed by atoms with Gasteiger partial charge in [-0.25, -0.2) is 0 Å². The van der Waals surface area contributed by atoms with Crippen molar-refractivity contribution in [1.29, 1.82) is 0 Å². The van der Waals surface area contributed by atoms with Crippen molar-refractivity contribution in [3.63, 3.8) is 0 Å². The lowest BCUT2D eigenvalue weighted by Gasteiger charge is -2.32. The van der Waals surface area contributed by atoms with Crippen LogP contribution in [-0.2, 0) is 0 Å². The van der Waals surface area contributed by atoms with Crippen molar-refractivity contribution >= 4 is 11.7 Å². The first-order valence-corrected chi connectivity index (χ1v) is 6.40. The molecule has 1 heterocycles. The molecule has 0 spiro atoms. The van der Waals surface area contributed by atoms with Gasteiger partial charge in [0.25, 0.3) is 5.91 Å². The van der Waals surface area contributed by atoms with E-state index in [-0.39, 0.29) is 11.4 Å². The first-order valence-electron chi connectivity index (χ1n) is 6.40. The highest BCUT2D eigenvalue weighted by molar-refractivity contribution is 5.92. The van der Waals surface area contributed by atoms with Crippen LogP contribution in [0, 0.1) is 0 Å². The van der Waals surface area contributed by atoms with Crippen molar-refractivity contribution in [2.45, 2.75) is 26.3 Å². The highest BCUT2D eigenvalue weighted by Crippen LogP contribution is 2.11. The Balaban J connectivity index is 2.60. The molecule has 0 saturated carbocycles. The van der Waals surface area contributed by atoms with Gasteiger partial charge in [0, 0.05) is 18.6 Å². The maximum absolute atomic E-state index is 11.5. The van der Waals surface area contributed by atoms with E-state index < -0.39 is 0 Å². The van der Waals surface area contributed by atoms with Crippen LogP contribution >= 0.6 is 0 Å². The van der Waals surface area contributed by atoms with Crippen LogP contribution in [-0.4, -0.2) is 53.7 Å². The second-order valence-electron chi connectivity index (χ2n) is 5.22. The summed E-state index contributed by atoms with van der Waals surface area (Å²) in [5.41, 5.74) is 0.346. The molecule has 106 valence electrons. The quantitative estimate of drug-likeness (QED) is 0.802. The van der Waals surface area contributed by atoms with Crippen LogP contribution in [0.2, 0.25) is 0 Å². The molecule has 6 nitrogen and oxygen atoms in total. The van der Waals surface area contributed by atoms with Crippen molar-refractivity contribution in [2.75, 3.05) is 32.5 Å². The second-order valence-corrected chi connectivity index (χ2v) is 5.22. The fourth-order valence-corrected chi connectivity index (χ4v) is 1.26. The Morgan fingerprint density at radius 1 is 1.32 bits per heavy atom. The lowest BCUT2D eigenvalue weighted by atomic mass is 10.0. The molecule has 0 saturated heterocycles. The maximum Gasteiger partial charge on any atom is 0.271 e. The van der Waals surface area contributed by atoms with Crippen LogP contribution in [0.4, 0.5) is 5.82 Å². The Morgan fingerprint density at radius 3 is 2.47 bits per heavy atom. The summed E-state index contributed by atoms with van der Waals surface area (Å²) >= 11 is 0. The molecule has 0 aromatic carbocycles. The van der Waals surface area contributed by atoms with Crippen molar-refractivity contribution in [1.82, 2.24) is 20.4 Å². The molecule has 0 radical (unpaired) electrons. The lowest BCUT2D eigenvalue weighted by molar-refractivity contribution is 0.0950. The van der Waals surface area contributed by atoms with Gasteiger partial charge in [0.2, 0.25) is 0 Å². The van der Waals surface area contributed by atoms with Gasteiger partial charge < -0.3 is 15.5 Å². The van der Waals surface area contributed by atoms with E-state index in [1.807, 2.05) is 21.0 Å². The number of hydrogen-bond donors (Lipinski definition) is 2. The molecule has 0 aliphatic heterocycles. The second kappa shape index (κ2) is 6.47. The van der Waals surface area contributed by atoms with E-state index in [4.69, 9.17) is 0 Å². The monoisotopic (exact) mass is 265 g/mol. The van der Waals surface area contributed by atoms with Gasteiger partial charge in [0.15, 0.2) is 5.69 Å². The maximum atomic E-state index is 11.5. The van der Waals surface area contributed by atoms with Gasteiger partial charge in [0.1, 0.15) is 5.82 Å². The van der Waals surface area contributed by atoms with E-state index in [0.717, 1.165) is 6.54 Å². The van der Waals surface area contributed by atoms with E-state index in [9.17, 15) is 4.79 Å². The number of hydrogen-bond acceptors (Lipinski definition) is 5. The summed E-state index contributed by atoms with van der Waals surface area (Å²) in [5, 5.41) is 13.8. The number of amides is 1. The van der Waals surface area contributed by atoms with Crippen LogP contribution in [0.25, 0.3) is 0 Å². The van der Waals surface area contributed by atoms with E-state index in [1.54, 1.807) is 12.1 Å². The fraction of sp³-hybridized carbons (Fsp3) is 0.615. The molecule has 0 bridgehead atoms. The zero-order chi connectivity index (χ0) is 14.5. The van der Waals surface area contributed by atoms with Gasteiger partial charge in [-0.15, -0.1) is 10.2 Å². The SMILES string of the molecule is CCNC(=O)c1ccc(NCC(C)(C)N(C)C)nn1. The van der Waals surface area contributed by atoms with Crippen LogP contribution in [0.1, 0.15) is 31.3 Å². The average Bonchev–Trinajstić information content (AvgIpc) is 2.37. The van der Waals surface area contributed by atoms with E-state index >= 15 is 0 Å². The fourth-order valence-electron chi connectivity index (χ4n) is 1.26. The topological polar surface area (TPSA) is 70.2 Å². The minimum Gasteiger partial charge on any atom is -0.367 e. The van der Waals surface area contributed by atoms with Crippen molar-refractivity contribution in [3.05, 3.63) is 17.8 Å². The van der Waals surface area contributed by atoms with Gasteiger partial charge in [0.05, 0.1) is 0 Å². The molecule has 0 aliphatic carbocycles. The number of nitrogens with zero attached hydrogens (tertiary/aromatic N) is 3. The summed E-state index contributed by atoms with van der Waals surface area (Å²) < 4.78 is 0. The zero-order valence-corrected chi connectivity index (χ0v) is 12.3. The van der Waals surface area contributed by atoms with Gasteiger partial charge in [-0.05, 0) is 47.0 Å². The first-order chi connectivity index (χ1) is 8.86. The minimum atomic E-state index is -0.199. The van der Waals surface area contributed by atoms with Gasteiger partial charge in [-0.1, -0.05) is 0 Å². The molecule has 1 amide bonds.